The van der Waals surface area contributed by atoms with E-state index in [-0.39, 0.29) is 11.8 Å². The Morgan fingerprint density at radius 1 is 1.50 bits per heavy atom. The van der Waals surface area contributed by atoms with Crippen molar-refractivity contribution in [1.29, 1.82) is 0 Å². The van der Waals surface area contributed by atoms with Crippen LogP contribution in [0.25, 0.3) is 0 Å². The molecule has 0 bridgehead atoms. The van der Waals surface area contributed by atoms with Crippen molar-refractivity contribution >= 4 is 21.2 Å². The Kier molecular flexibility index (Phi) is 3.37. The predicted molar refractivity (Wildman–Crippen MR) is 67.6 cm³/mol. The molecule has 16 heavy (non-hydrogen) atoms. The summed E-state index contributed by atoms with van der Waals surface area (Å²) in [6, 6.07) is 2.05. The number of sulfone groups is 1. The fourth-order valence-corrected chi connectivity index (χ4v) is 3.99. The van der Waals surface area contributed by atoms with Gasteiger partial charge in [0.2, 0.25) is 0 Å². The third-order valence-electron chi connectivity index (χ3n) is 2.93. The monoisotopic (exact) mass is 259 g/mol. The number of nitrogens with two attached hydrogens (primary N) is 1. The van der Waals surface area contributed by atoms with Gasteiger partial charge in [-0.1, -0.05) is 0 Å². The Morgan fingerprint density at radius 3 is 2.88 bits per heavy atom. The highest BCUT2D eigenvalue weighted by atomic mass is 32.2. The minimum atomic E-state index is -2.90. The number of rotatable bonds is 4. The van der Waals surface area contributed by atoms with Crippen molar-refractivity contribution in [2.45, 2.75) is 31.7 Å². The number of fused-ring (bicyclic) bond motifs is 1. The van der Waals surface area contributed by atoms with Crippen LogP contribution >= 0.6 is 11.3 Å². The van der Waals surface area contributed by atoms with E-state index in [1.165, 1.54) is 29.5 Å². The molecule has 0 fully saturated rings. The minimum Gasteiger partial charge on any atom is -0.323 e. The largest absolute Gasteiger partial charge is 0.323 e. The molecule has 3 nitrogen and oxygen atoms in total. The molecule has 1 aliphatic rings. The van der Waals surface area contributed by atoms with Gasteiger partial charge >= 0.3 is 0 Å². The summed E-state index contributed by atoms with van der Waals surface area (Å²) in [4.78, 5) is 2.60. The van der Waals surface area contributed by atoms with E-state index in [2.05, 4.69) is 6.07 Å². The molecule has 0 aliphatic heterocycles. The normalized spacial score (nSPS) is 17.4. The first-order valence-corrected chi connectivity index (χ1v) is 8.38. The first kappa shape index (κ1) is 12.1. The molecular weight excluding hydrogens is 242 g/mol. The fraction of sp³-hybridized carbons (Fsp3) is 0.636. The average molecular weight is 259 g/mol. The Labute approximate surface area is 101 Å². The summed E-state index contributed by atoms with van der Waals surface area (Å²) in [6.45, 7) is 0. The standard InChI is InChI=1S/C11H17NO2S2/c1-16(13,14)6-5-9(12)11-7-8-3-2-4-10(8)15-11/h7,9H,2-6,12H2,1H3. The SMILES string of the molecule is CS(=O)(=O)CCC(N)c1cc2c(s1)CCC2. The number of hydrogen-bond acceptors (Lipinski definition) is 4. The molecule has 0 amide bonds. The maximum absolute atomic E-state index is 11.1. The van der Waals surface area contributed by atoms with E-state index >= 15 is 0 Å². The van der Waals surface area contributed by atoms with Gasteiger partial charge in [-0.2, -0.15) is 0 Å². The van der Waals surface area contributed by atoms with E-state index in [4.69, 9.17) is 5.73 Å². The molecule has 1 atom stereocenters. The van der Waals surface area contributed by atoms with Gasteiger partial charge in [-0.3, -0.25) is 0 Å². The highest BCUT2D eigenvalue weighted by molar-refractivity contribution is 7.90. The van der Waals surface area contributed by atoms with Crippen molar-refractivity contribution in [3.8, 4) is 0 Å². The van der Waals surface area contributed by atoms with Crippen LogP contribution in [0.5, 0.6) is 0 Å². The number of aryl methyl sites for hydroxylation is 2. The van der Waals surface area contributed by atoms with E-state index in [1.807, 2.05) is 0 Å². The van der Waals surface area contributed by atoms with Crippen molar-refractivity contribution in [3.63, 3.8) is 0 Å². The van der Waals surface area contributed by atoms with Crippen LogP contribution < -0.4 is 5.73 Å². The van der Waals surface area contributed by atoms with Crippen LogP contribution in [-0.2, 0) is 22.7 Å². The zero-order valence-electron chi connectivity index (χ0n) is 9.40. The van der Waals surface area contributed by atoms with Crippen LogP contribution in [0.1, 0.15) is 34.2 Å². The van der Waals surface area contributed by atoms with Gasteiger partial charge in [-0.05, 0) is 37.3 Å². The maximum Gasteiger partial charge on any atom is 0.147 e. The van der Waals surface area contributed by atoms with Crippen LogP contribution in [-0.4, -0.2) is 20.4 Å². The van der Waals surface area contributed by atoms with E-state index in [0.717, 1.165) is 11.3 Å². The molecule has 2 rings (SSSR count). The van der Waals surface area contributed by atoms with Crippen LogP contribution in [0.3, 0.4) is 0 Å². The Morgan fingerprint density at radius 2 is 2.25 bits per heavy atom. The Bertz CT molecular complexity index is 455. The lowest BCUT2D eigenvalue weighted by Gasteiger charge is -2.08. The van der Waals surface area contributed by atoms with E-state index in [1.54, 1.807) is 11.3 Å². The molecule has 0 aromatic carbocycles. The lowest BCUT2D eigenvalue weighted by Crippen LogP contribution is -2.14. The average Bonchev–Trinajstić information content (AvgIpc) is 2.71. The summed E-state index contributed by atoms with van der Waals surface area (Å²) in [5.41, 5.74) is 7.43. The van der Waals surface area contributed by atoms with Gasteiger partial charge in [-0.25, -0.2) is 8.42 Å². The number of hydrogen-bond donors (Lipinski definition) is 1. The van der Waals surface area contributed by atoms with Crippen LogP contribution in [0.2, 0.25) is 0 Å². The summed E-state index contributed by atoms with van der Waals surface area (Å²) >= 11 is 1.76. The molecule has 0 spiro atoms. The van der Waals surface area contributed by atoms with Crippen LogP contribution in [0, 0.1) is 0 Å². The molecule has 0 saturated carbocycles. The maximum atomic E-state index is 11.1. The van der Waals surface area contributed by atoms with Crippen molar-refractivity contribution in [2.24, 2.45) is 5.73 Å². The molecular formula is C11H17NO2S2. The quantitative estimate of drug-likeness (QED) is 0.894. The molecule has 1 aliphatic carbocycles. The van der Waals surface area contributed by atoms with E-state index < -0.39 is 9.84 Å². The molecule has 0 saturated heterocycles. The molecule has 0 radical (unpaired) electrons. The molecule has 90 valence electrons. The summed E-state index contributed by atoms with van der Waals surface area (Å²) in [5, 5.41) is 0. The summed E-state index contributed by atoms with van der Waals surface area (Å²) in [6.07, 6.45) is 5.36. The van der Waals surface area contributed by atoms with Gasteiger partial charge in [-0.15, -0.1) is 11.3 Å². The van der Waals surface area contributed by atoms with Gasteiger partial charge in [0.25, 0.3) is 0 Å². The van der Waals surface area contributed by atoms with E-state index in [0.29, 0.717) is 6.42 Å². The zero-order chi connectivity index (χ0) is 11.8. The van der Waals surface area contributed by atoms with Gasteiger partial charge in [0, 0.05) is 22.1 Å². The second-order valence-corrected chi connectivity index (χ2v) is 7.90. The predicted octanol–water partition coefficient (Wildman–Crippen LogP) is 1.67. The number of thiophene rings is 1. The fourth-order valence-electron chi connectivity index (χ4n) is 2.02. The second-order valence-electron chi connectivity index (χ2n) is 4.48. The molecule has 1 unspecified atom stereocenters. The Balaban J connectivity index is 2.01. The van der Waals surface area contributed by atoms with Crippen molar-refractivity contribution in [1.82, 2.24) is 0 Å². The van der Waals surface area contributed by atoms with Crippen molar-refractivity contribution in [3.05, 3.63) is 21.4 Å². The molecule has 1 heterocycles. The first-order valence-electron chi connectivity index (χ1n) is 5.50. The summed E-state index contributed by atoms with van der Waals surface area (Å²) < 4.78 is 22.1. The smallest absolute Gasteiger partial charge is 0.147 e. The van der Waals surface area contributed by atoms with E-state index in [9.17, 15) is 8.42 Å². The third-order valence-corrected chi connectivity index (χ3v) is 5.28. The van der Waals surface area contributed by atoms with Crippen molar-refractivity contribution < 1.29 is 8.42 Å². The van der Waals surface area contributed by atoms with Gasteiger partial charge in [0.05, 0.1) is 5.75 Å². The third kappa shape index (κ3) is 2.84. The van der Waals surface area contributed by atoms with Gasteiger partial charge < -0.3 is 5.73 Å². The molecule has 2 N–H and O–H groups in total. The topological polar surface area (TPSA) is 60.2 Å². The highest BCUT2D eigenvalue weighted by Crippen LogP contribution is 2.33. The molecule has 5 heteroatoms. The Hall–Kier alpha value is -0.390. The zero-order valence-corrected chi connectivity index (χ0v) is 11.0. The highest BCUT2D eigenvalue weighted by Gasteiger charge is 2.18. The van der Waals surface area contributed by atoms with Gasteiger partial charge in [0.1, 0.15) is 9.84 Å². The molecule has 1 aromatic rings. The summed E-state index contributed by atoms with van der Waals surface area (Å²) in [7, 11) is -2.90. The van der Waals surface area contributed by atoms with Crippen LogP contribution in [0.15, 0.2) is 6.07 Å². The van der Waals surface area contributed by atoms with Crippen molar-refractivity contribution in [2.75, 3.05) is 12.0 Å². The minimum absolute atomic E-state index is 0.120. The second kappa shape index (κ2) is 4.47. The van der Waals surface area contributed by atoms with Crippen LogP contribution in [0.4, 0.5) is 0 Å². The van der Waals surface area contributed by atoms with Gasteiger partial charge in [0.15, 0.2) is 0 Å². The summed E-state index contributed by atoms with van der Waals surface area (Å²) in [5.74, 6) is 0.177. The first-order chi connectivity index (χ1) is 7.46. The lowest BCUT2D eigenvalue weighted by molar-refractivity contribution is 0.592. The lowest BCUT2D eigenvalue weighted by atomic mass is 10.1. The molecule has 1 aromatic heterocycles.